The summed E-state index contributed by atoms with van der Waals surface area (Å²) in [7, 11) is 0. The molecule has 3 aliphatic heterocycles. The maximum absolute atomic E-state index is 12.7. The van der Waals surface area contributed by atoms with E-state index in [-0.39, 0.29) is 22.9 Å². The summed E-state index contributed by atoms with van der Waals surface area (Å²) in [6.45, 7) is 10.5. The number of aryl methyl sites for hydroxylation is 1. The Morgan fingerprint density at radius 1 is 1.12 bits per heavy atom. The second-order valence-corrected chi connectivity index (χ2v) is 10.7. The molecule has 2 unspecified atom stereocenters. The number of piperazine rings is 1. The molecule has 1 spiro atoms. The molecule has 178 valence electrons. The van der Waals surface area contributed by atoms with Crippen molar-refractivity contribution < 1.29 is 18.3 Å². The molecule has 32 heavy (non-hydrogen) atoms. The standard InChI is InChI=1S/C24H37N3O4S/c1-3-22(32(29)30)27-12-9-24(10-13-27)18-21(31-23(24)28)8-11-25-14-16-26(17-15-25)20-6-4-19(2)5-7-20/h4-7,21-22H,3,8-18H2,1-2H3,(H,29,30)/t21-,22?/m1/s1. The molecule has 3 aliphatic rings. The molecule has 0 aromatic heterocycles. The minimum absolute atomic E-state index is 0.00174. The molecule has 0 bridgehead atoms. The van der Waals surface area contributed by atoms with Gasteiger partial charge < -0.3 is 14.2 Å². The average molecular weight is 464 g/mol. The Morgan fingerprint density at radius 3 is 2.38 bits per heavy atom. The first-order chi connectivity index (χ1) is 15.4. The van der Waals surface area contributed by atoms with E-state index >= 15 is 0 Å². The number of likely N-dealkylation sites (tertiary alicyclic amines) is 1. The number of carbonyl (C=O) groups excluding carboxylic acids is 1. The highest BCUT2D eigenvalue weighted by Gasteiger charge is 2.50. The van der Waals surface area contributed by atoms with E-state index in [1.54, 1.807) is 0 Å². The van der Waals surface area contributed by atoms with Crippen LogP contribution in [0.4, 0.5) is 5.69 Å². The quantitative estimate of drug-likeness (QED) is 0.492. The van der Waals surface area contributed by atoms with Gasteiger partial charge in [-0.15, -0.1) is 0 Å². The minimum Gasteiger partial charge on any atom is -0.462 e. The number of benzene rings is 1. The Balaban J connectivity index is 1.22. The van der Waals surface area contributed by atoms with E-state index in [0.717, 1.165) is 58.4 Å². The second-order valence-electron chi connectivity index (χ2n) is 9.64. The third-order valence-electron chi connectivity index (χ3n) is 7.61. The van der Waals surface area contributed by atoms with Crippen molar-refractivity contribution in [1.82, 2.24) is 9.80 Å². The zero-order valence-electron chi connectivity index (χ0n) is 19.4. The second kappa shape index (κ2) is 10.2. The van der Waals surface area contributed by atoms with Crippen LogP contribution in [0, 0.1) is 12.3 Å². The van der Waals surface area contributed by atoms with Gasteiger partial charge in [-0.1, -0.05) is 24.6 Å². The van der Waals surface area contributed by atoms with Gasteiger partial charge in [0, 0.05) is 57.9 Å². The van der Waals surface area contributed by atoms with Crippen molar-refractivity contribution in [3.8, 4) is 0 Å². The monoisotopic (exact) mass is 463 g/mol. The number of cyclic esters (lactones) is 1. The van der Waals surface area contributed by atoms with Gasteiger partial charge in [0.2, 0.25) is 0 Å². The van der Waals surface area contributed by atoms with E-state index in [1.165, 1.54) is 11.3 Å². The first-order valence-corrected chi connectivity index (χ1v) is 13.2. The number of rotatable bonds is 7. The summed E-state index contributed by atoms with van der Waals surface area (Å²) in [6.07, 6.45) is 3.77. The van der Waals surface area contributed by atoms with E-state index in [1.807, 2.05) is 6.92 Å². The van der Waals surface area contributed by atoms with Crippen LogP contribution in [0.15, 0.2) is 24.3 Å². The number of nitrogens with zero attached hydrogens (tertiary/aromatic N) is 3. The fraction of sp³-hybridized carbons (Fsp3) is 0.708. The largest absolute Gasteiger partial charge is 0.462 e. The maximum atomic E-state index is 12.7. The Kier molecular flexibility index (Phi) is 7.54. The van der Waals surface area contributed by atoms with Crippen molar-refractivity contribution in [3.63, 3.8) is 0 Å². The van der Waals surface area contributed by atoms with Gasteiger partial charge in [0.05, 0.1) is 5.41 Å². The lowest BCUT2D eigenvalue weighted by Gasteiger charge is -2.39. The third kappa shape index (κ3) is 5.19. The molecule has 1 aromatic rings. The van der Waals surface area contributed by atoms with Crippen LogP contribution in [-0.4, -0.2) is 81.8 Å². The van der Waals surface area contributed by atoms with Crippen molar-refractivity contribution in [1.29, 1.82) is 0 Å². The van der Waals surface area contributed by atoms with Crippen LogP contribution < -0.4 is 4.90 Å². The van der Waals surface area contributed by atoms with Crippen molar-refractivity contribution in [2.45, 2.75) is 57.4 Å². The molecule has 0 aliphatic carbocycles. The summed E-state index contributed by atoms with van der Waals surface area (Å²) in [6, 6.07) is 8.74. The van der Waals surface area contributed by atoms with Gasteiger partial charge in [0.15, 0.2) is 11.1 Å². The molecule has 0 saturated carbocycles. The summed E-state index contributed by atoms with van der Waals surface area (Å²) in [5.74, 6) is -0.0514. The number of hydrogen-bond donors (Lipinski definition) is 1. The van der Waals surface area contributed by atoms with Crippen LogP contribution in [0.3, 0.4) is 0 Å². The summed E-state index contributed by atoms with van der Waals surface area (Å²) >= 11 is -1.85. The molecule has 1 N–H and O–H groups in total. The average Bonchev–Trinajstić information content (AvgIpc) is 3.09. The van der Waals surface area contributed by atoms with Crippen molar-refractivity contribution >= 4 is 22.7 Å². The van der Waals surface area contributed by atoms with E-state index in [4.69, 9.17) is 4.74 Å². The molecule has 0 radical (unpaired) electrons. The summed E-state index contributed by atoms with van der Waals surface area (Å²) in [5.41, 5.74) is 2.19. The predicted molar refractivity (Wildman–Crippen MR) is 127 cm³/mol. The molecule has 4 rings (SSSR count). The van der Waals surface area contributed by atoms with Gasteiger partial charge in [0.25, 0.3) is 0 Å². The highest BCUT2D eigenvalue weighted by atomic mass is 32.2. The highest BCUT2D eigenvalue weighted by Crippen LogP contribution is 2.44. The number of carbonyl (C=O) groups is 1. The Labute approximate surface area is 194 Å². The molecular formula is C24H37N3O4S. The van der Waals surface area contributed by atoms with Gasteiger partial charge in [0.1, 0.15) is 11.5 Å². The lowest BCUT2D eigenvalue weighted by molar-refractivity contribution is -0.151. The molecule has 7 nitrogen and oxygen atoms in total. The van der Waals surface area contributed by atoms with Gasteiger partial charge >= 0.3 is 5.97 Å². The van der Waals surface area contributed by atoms with Crippen molar-refractivity contribution in [3.05, 3.63) is 29.8 Å². The Morgan fingerprint density at radius 2 is 1.78 bits per heavy atom. The molecule has 3 fully saturated rings. The first kappa shape index (κ1) is 23.7. The highest BCUT2D eigenvalue weighted by molar-refractivity contribution is 7.79. The molecule has 3 saturated heterocycles. The molecule has 3 heterocycles. The van der Waals surface area contributed by atoms with Crippen LogP contribution in [-0.2, 0) is 20.6 Å². The molecular weight excluding hydrogens is 426 g/mol. The van der Waals surface area contributed by atoms with E-state index in [2.05, 4.69) is 45.9 Å². The number of hydrogen-bond acceptors (Lipinski definition) is 6. The first-order valence-electron chi connectivity index (χ1n) is 12.0. The van der Waals surface area contributed by atoms with Gasteiger partial charge in [-0.3, -0.25) is 14.6 Å². The number of esters is 1. The number of ether oxygens (including phenoxy) is 1. The molecule has 1 aromatic carbocycles. The zero-order valence-corrected chi connectivity index (χ0v) is 20.2. The van der Waals surface area contributed by atoms with Gasteiger partial charge in [-0.05, 0) is 44.7 Å². The number of piperidine rings is 1. The van der Waals surface area contributed by atoms with Crippen molar-refractivity contribution in [2.75, 3.05) is 50.7 Å². The van der Waals surface area contributed by atoms with Crippen molar-refractivity contribution in [2.24, 2.45) is 5.41 Å². The normalized spacial score (nSPS) is 26.3. The lowest BCUT2D eigenvalue weighted by atomic mass is 9.75. The summed E-state index contributed by atoms with van der Waals surface area (Å²) in [4.78, 5) is 19.7. The molecule has 0 amide bonds. The van der Waals surface area contributed by atoms with Crippen LogP contribution in [0.1, 0.15) is 44.6 Å². The van der Waals surface area contributed by atoms with E-state index in [0.29, 0.717) is 19.5 Å². The zero-order chi connectivity index (χ0) is 22.7. The Bertz CT molecular complexity index is 802. The third-order valence-corrected chi connectivity index (χ3v) is 8.71. The fourth-order valence-electron chi connectivity index (χ4n) is 5.49. The summed E-state index contributed by atoms with van der Waals surface area (Å²) < 4.78 is 26.9. The minimum atomic E-state index is -1.85. The smallest absolute Gasteiger partial charge is 0.312 e. The SMILES string of the molecule is CCC(N1CCC2(CC1)C[C@@H](CCN1CCN(c3ccc(C)cc3)CC1)OC2=O)S(=O)O. The number of anilines is 1. The van der Waals surface area contributed by atoms with Gasteiger partial charge in [-0.25, -0.2) is 4.21 Å². The maximum Gasteiger partial charge on any atom is 0.312 e. The Hall–Kier alpha value is -1.48. The molecule has 3 atom stereocenters. The van der Waals surface area contributed by atoms with Crippen LogP contribution in [0.25, 0.3) is 0 Å². The van der Waals surface area contributed by atoms with Crippen LogP contribution in [0.2, 0.25) is 0 Å². The van der Waals surface area contributed by atoms with E-state index < -0.39 is 11.1 Å². The lowest BCUT2D eigenvalue weighted by Crippen LogP contribution is -2.48. The van der Waals surface area contributed by atoms with Crippen LogP contribution in [0.5, 0.6) is 0 Å². The predicted octanol–water partition coefficient (Wildman–Crippen LogP) is 2.86. The van der Waals surface area contributed by atoms with E-state index in [9.17, 15) is 13.6 Å². The fourth-order valence-corrected chi connectivity index (χ4v) is 6.24. The molecule has 8 heteroatoms. The van der Waals surface area contributed by atoms with Crippen LogP contribution >= 0.6 is 0 Å². The van der Waals surface area contributed by atoms with Gasteiger partial charge in [-0.2, -0.15) is 0 Å². The summed E-state index contributed by atoms with van der Waals surface area (Å²) in [5, 5.41) is -0.334. The topological polar surface area (TPSA) is 73.3 Å².